The van der Waals surface area contributed by atoms with Gasteiger partial charge in [0.25, 0.3) is 0 Å². The Labute approximate surface area is 766 Å². The summed E-state index contributed by atoms with van der Waals surface area (Å²) in [6, 6.07) is 81.1. The number of aromatic carboxylic acids is 8. The van der Waals surface area contributed by atoms with Gasteiger partial charge in [0.1, 0.15) is 148 Å². The molecule has 28 heteroatoms. The van der Waals surface area contributed by atoms with Crippen LogP contribution in [0.2, 0.25) is 0 Å². The molecule has 0 unspecified atom stereocenters. The number of rotatable bonds is 46. The van der Waals surface area contributed by atoms with Crippen LogP contribution in [0, 0.1) is 0 Å². The zero-order chi connectivity index (χ0) is 94.0. The van der Waals surface area contributed by atoms with Crippen LogP contribution in [0.4, 0.5) is 0 Å². The second kappa shape index (κ2) is 44.3. The first kappa shape index (κ1) is 92.4. The Morgan fingerprint density at radius 2 is 0.254 bits per heavy atom. The van der Waals surface area contributed by atoms with Crippen molar-refractivity contribution in [2.24, 2.45) is 0 Å². The van der Waals surface area contributed by atoms with E-state index < -0.39 is 47.8 Å². The Morgan fingerprint density at radius 3 is 0.366 bits per heavy atom. The van der Waals surface area contributed by atoms with Crippen molar-refractivity contribution in [2.75, 3.05) is 0 Å². The van der Waals surface area contributed by atoms with Gasteiger partial charge < -0.3 is 97.7 Å². The van der Waals surface area contributed by atoms with E-state index in [1.807, 2.05) is 12.2 Å². The van der Waals surface area contributed by atoms with Crippen LogP contribution in [0.3, 0.4) is 0 Å². The molecule has 0 atom stereocenters. The van der Waals surface area contributed by atoms with Gasteiger partial charge in [0.15, 0.2) is 0 Å². The van der Waals surface area contributed by atoms with Crippen molar-refractivity contribution in [1.82, 2.24) is 0 Å². The lowest BCUT2D eigenvalue weighted by atomic mass is 10.1. The smallest absolute Gasteiger partial charge is 0.335 e. The van der Waals surface area contributed by atoms with Crippen LogP contribution in [0.25, 0.3) is 12.2 Å². The van der Waals surface area contributed by atoms with E-state index in [1.54, 1.807) is 206 Å². The molecule has 14 aromatic rings. The van der Waals surface area contributed by atoms with E-state index in [1.165, 1.54) is 97.1 Å². The maximum absolute atomic E-state index is 11.8. The zero-order valence-corrected chi connectivity index (χ0v) is 71.3. The number of benzene rings is 14. The highest BCUT2D eigenvalue weighted by Crippen LogP contribution is 2.36. The van der Waals surface area contributed by atoms with Gasteiger partial charge in [-0.15, -0.1) is 0 Å². The van der Waals surface area contributed by atoms with E-state index in [4.69, 9.17) is 56.8 Å². The first-order valence-electron chi connectivity index (χ1n) is 41.5. The van der Waals surface area contributed by atoms with Crippen LogP contribution >= 0.6 is 0 Å². The maximum Gasteiger partial charge on any atom is 0.335 e. The number of hydrogen-bond donors (Lipinski definition) is 8. The predicted molar refractivity (Wildman–Crippen MR) is 487 cm³/mol. The van der Waals surface area contributed by atoms with Gasteiger partial charge in [-0.2, -0.15) is 0 Å². The van der Waals surface area contributed by atoms with Gasteiger partial charge in [-0.25, -0.2) is 38.4 Å². The minimum Gasteiger partial charge on any atom is -0.489 e. The molecule has 0 aliphatic rings. The SMILES string of the molecule is O=C(O)c1ccc(COc2cc(COc3cc(/C=C\c4cc(OCc5cc(OCc6ccc(C(=O)O)cc6)cc(OCc6ccc(C(=O)O)cc6)c5)cc(OCc5cc(OCc6ccc(C(=O)O)cc6)cc(OCc6ccc(C(=O)O)cc6)c5)c4)cc(OCc4cc(OCc5ccc(C(=O)O)cc5)cc(OCc5ccc(C(=O)O)cc5)c4)c3)cc(OCc3ccc(C(=O)O)cc3)c2)cc1. The molecule has 0 radical (unpaired) electrons. The molecule has 0 aliphatic carbocycles. The maximum atomic E-state index is 11.8. The number of carboxylic acid groups (broad SMARTS) is 8. The molecule has 28 nitrogen and oxygen atoms in total. The Kier molecular flexibility index (Phi) is 30.5. The Hall–Kier alpha value is -17.8. The predicted octanol–water partition coefficient (Wildman–Crippen LogP) is 20.4. The highest BCUT2D eigenvalue weighted by molar-refractivity contribution is 5.91. The van der Waals surface area contributed by atoms with Crippen molar-refractivity contribution in [3.63, 3.8) is 0 Å². The molecule has 14 aromatic carbocycles. The fourth-order valence-electron chi connectivity index (χ4n) is 13.4. The summed E-state index contributed by atoms with van der Waals surface area (Å²) in [4.78, 5) is 94.0. The average molecular weight is 1810 g/mol. The third-order valence-electron chi connectivity index (χ3n) is 20.5. The molecule has 0 bridgehead atoms. The summed E-state index contributed by atoms with van der Waals surface area (Å²) in [5.74, 6) is -4.59. The van der Waals surface area contributed by atoms with Crippen molar-refractivity contribution in [3.05, 3.63) is 426 Å². The highest BCUT2D eigenvalue weighted by atomic mass is 16.5. The lowest BCUT2D eigenvalue weighted by Gasteiger charge is -2.16. The molecule has 0 amide bonds. The van der Waals surface area contributed by atoms with Gasteiger partial charge in [-0.3, -0.25) is 0 Å². The number of carboxylic acids is 8. The minimum atomic E-state index is -1.09. The minimum absolute atomic E-state index is 0.0342. The van der Waals surface area contributed by atoms with Crippen LogP contribution in [-0.2, 0) is 79.3 Å². The second-order valence-electron chi connectivity index (χ2n) is 30.5. The van der Waals surface area contributed by atoms with Gasteiger partial charge in [0, 0.05) is 36.4 Å². The molecule has 0 spiro atoms. The highest BCUT2D eigenvalue weighted by Gasteiger charge is 2.19. The van der Waals surface area contributed by atoms with E-state index in [-0.39, 0.29) is 124 Å². The molecule has 0 fully saturated rings. The summed E-state index contributed by atoms with van der Waals surface area (Å²) in [6.07, 6.45) is 3.62. The Balaban J connectivity index is 0.816. The molecule has 0 heterocycles. The molecule has 14 rings (SSSR count). The van der Waals surface area contributed by atoms with Crippen LogP contribution in [0.1, 0.15) is 161 Å². The third kappa shape index (κ3) is 27.4. The van der Waals surface area contributed by atoms with Crippen LogP contribution in [0.5, 0.6) is 69.0 Å². The van der Waals surface area contributed by atoms with E-state index in [2.05, 4.69) is 0 Å². The van der Waals surface area contributed by atoms with Crippen LogP contribution in [0.15, 0.2) is 303 Å². The fraction of sp³-hybridized carbons (Fsp3) is 0.113. The summed E-state index contributed by atoms with van der Waals surface area (Å²) >= 11 is 0. The first-order valence-corrected chi connectivity index (χ1v) is 41.5. The van der Waals surface area contributed by atoms with E-state index in [9.17, 15) is 79.2 Å². The molecule has 134 heavy (non-hydrogen) atoms. The van der Waals surface area contributed by atoms with Crippen molar-refractivity contribution >= 4 is 59.9 Å². The van der Waals surface area contributed by atoms with Crippen molar-refractivity contribution in [1.29, 1.82) is 0 Å². The third-order valence-corrected chi connectivity index (χ3v) is 20.5. The van der Waals surface area contributed by atoms with Gasteiger partial charge in [-0.05, 0) is 248 Å². The van der Waals surface area contributed by atoms with Crippen LogP contribution < -0.4 is 56.8 Å². The summed E-state index contributed by atoms with van der Waals surface area (Å²) in [5.41, 5.74) is 9.49. The quantitative estimate of drug-likeness (QED) is 0.0164. The van der Waals surface area contributed by atoms with Gasteiger partial charge in [-0.1, -0.05) is 109 Å². The van der Waals surface area contributed by atoms with Crippen LogP contribution in [-0.4, -0.2) is 88.6 Å². The summed E-state index contributed by atoms with van der Waals surface area (Å²) in [6.45, 7) is -0.115. The molecule has 676 valence electrons. The number of hydrogen-bond acceptors (Lipinski definition) is 20. The monoisotopic (exact) mass is 1800 g/mol. The largest absolute Gasteiger partial charge is 0.489 e. The number of ether oxygens (including phenoxy) is 12. The fourth-order valence-corrected chi connectivity index (χ4v) is 13.4. The van der Waals surface area contributed by atoms with Gasteiger partial charge >= 0.3 is 47.8 Å². The standard InChI is InChI=1S/C106H84O28/c107-99(108)79-19-3-65(4-20-79)53-123-91-39-75(40-92(49-91)124-54-66-5-21-80(22-6-66)100(109)110)61-131-87-35-73(36-88(47-87)132-62-76-41-93(125-55-67-7-23-81(24-8-67)101(111)112)50-94(42-76)126-56-68-9-25-82(26-10-68)102(113)114)1-2-74-37-89(133-63-77-43-95(127-57-69-11-27-83(28-12-69)103(115)116)51-96(44-77)128-58-70-13-29-84(30-14-70)104(117)118)48-90(38-74)134-64-78-45-97(129-59-71-15-31-85(32-16-71)105(119)120)52-98(46-78)130-60-72-17-33-86(34-18-72)106(121)122/h1-52H,53-64H2,(H,107,108)(H,109,110)(H,111,112)(H,113,114)(H,115,116)(H,117,118)(H,119,120)(H,121,122)/b2-1-. The number of carbonyl (C=O) groups is 8. The zero-order valence-electron chi connectivity index (χ0n) is 71.3. The van der Waals surface area contributed by atoms with E-state index >= 15 is 0 Å². The van der Waals surface area contributed by atoms with Gasteiger partial charge in [0.05, 0.1) is 44.5 Å². The first-order chi connectivity index (χ1) is 64.8. The van der Waals surface area contributed by atoms with Crippen molar-refractivity contribution in [2.45, 2.75) is 79.3 Å². The van der Waals surface area contributed by atoms with E-state index in [0.29, 0.717) is 147 Å². The van der Waals surface area contributed by atoms with Gasteiger partial charge in [0.2, 0.25) is 0 Å². The molecular weight excluding hydrogens is 1720 g/mol. The molecule has 0 aromatic heterocycles. The lowest BCUT2D eigenvalue weighted by molar-refractivity contribution is 0.0686. The lowest BCUT2D eigenvalue weighted by Crippen LogP contribution is -2.03. The molecule has 0 aliphatic heterocycles. The summed E-state index contributed by atoms with van der Waals surface area (Å²) < 4.78 is 77.6. The van der Waals surface area contributed by atoms with E-state index in [0.717, 1.165) is 0 Å². The second-order valence-corrected chi connectivity index (χ2v) is 30.5. The topological polar surface area (TPSA) is 409 Å². The molecule has 0 saturated carbocycles. The van der Waals surface area contributed by atoms with Crippen molar-refractivity contribution < 1.29 is 136 Å². The molecular formula is C106H84O28. The summed E-state index contributed by atoms with van der Waals surface area (Å²) in [7, 11) is 0. The Morgan fingerprint density at radius 1 is 0.149 bits per heavy atom. The molecule has 8 N–H and O–H groups in total. The Bertz CT molecular complexity index is 5490. The van der Waals surface area contributed by atoms with Crippen molar-refractivity contribution in [3.8, 4) is 69.0 Å². The molecule has 0 saturated heterocycles. The summed E-state index contributed by atoms with van der Waals surface area (Å²) in [5, 5.41) is 76.9. The normalized spacial score (nSPS) is 10.9. The average Bonchev–Trinajstić information content (AvgIpc) is 0.843.